The summed E-state index contributed by atoms with van der Waals surface area (Å²) in [7, 11) is 1.35. The van der Waals surface area contributed by atoms with Gasteiger partial charge in [0.25, 0.3) is 0 Å². The lowest BCUT2D eigenvalue weighted by molar-refractivity contribution is 0.0601. The van der Waals surface area contributed by atoms with Gasteiger partial charge in [0.05, 0.1) is 24.1 Å². The lowest BCUT2D eigenvalue weighted by atomic mass is 10.0. The van der Waals surface area contributed by atoms with E-state index in [2.05, 4.69) is 4.98 Å². The van der Waals surface area contributed by atoms with Gasteiger partial charge in [-0.15, -0.1) is 0 Å². The van der Waals surface area contributed by atoms with Gasteiger partial charge in [-0.25, -0.2) is 4.79 Å². The van der Waals surface area contributed by atoms with Crippen molar-refractivity contribution >= 4 is 11.7 Å². The van der Waals surface area contributed by atoms with E-state index in [0.29, 0.717) is 22.5 Å². The van der Waals surface area contributed by atoms with Crippen LogP contribution in [-0.4, -0.2) is 18.1 Å². The first-order chi connectivity index (χ1) is 8.24. The number of nitrogen functional groups attached to an aromatic ring is 1. The Labute approximate surface area is 99.1 Å². The number of pyridine rings is 1. The van der Waals surface area contributed by atoms with Crippen molar-refractivity contribution < 1.29 is 9.53 Å². The molecular weight excluding hydrogens is 216 g/mol. The normalized spacial score (nSPS) is 9.94. The molecule has 2 N–H and O–H groups in total. The molecule has 0 saturated carbocycles. The number of anilines is 1. The topological polar surface area (TPSA) is 65.2 Å². The van der Waals surface area contributed by atoms with Crippen molar-refractivity contribution in [1.82, 2.24) is 4.98 Å². The molecule has 0 aliphatic rings. The van der Waals surface area contributed by atoms with E-state index in [1.807, 2.05) is 6.07 Å². The van der Waals surface area contributed by atoms with Gasteiger partial charge in [0.2, 0.25) is 0 Å². The third-order valence-electron chi connectivity index (χ3n) is 2.43. The van der Waals surface area contributed by atoms with E-state index in [1.165, 1.54) is 7.11 Å². The Bertz CT molecular complexity index is 553. The van der Waals surface area contributed by atoms with Crippen LogP contribution in [0.25, 0.3) is 11.3 Å². The summed E-state index contributed by atoms with van der Waals surface area (Å²) in [5.74, 6) is -0.398. The predicted octanol–water partition coefficient (Wildman–Crippen LogP) is 2.12. The number of methoxy groups -OCH3 is 1. The lowest BCUT2D eigenvalue weighted by Crippen LogP contribution is -2.04. The van der Waals surface area contributed by atoms with Crippen LogP contribution in [0.5, 0.6) is 0 Å². The highest BCUT2D eigenvalue weighted by Crippen LogP contribution is 2.26. The SMILES string of the molecule is COC(=O)c1ccccc1-c1ncccc1N. The number of hydrogen-bond acceptors (Lipinski definition) is 4. The molecule has 0 aliphatic carbocycles. The first kappa shape index (κ1) is 11.1. The summed E-state index contributed by atoms with van der Waals surface area (Å²) < 4.78 is 4.73. The van der Waals surface area contributed by atoms with E-state index in [1.54, 1.807) is 36.5 Å². The van der Waals surface area contributed by atoms with Crippen molar-refractivity contribution in [2.75, 3.05) is 12.8 Å². The average molecular weight is 228 g/mol. The van der Waals surface area contributed by atoms with Crippen molar-refractivity contribution in [3.63, 3.8) is 0 Å². The maximum absolute atomic E-state index is 11.6. The van der Waals surface area contributed by atoms with Crippen LogP contribution in [0.2, 0.25) is 0 Å². The first-order valence-corrected chi connectivity index (χ1v) is 5.12. The molecule has 0 spiro atoms. The van der Waals surface area contributed by atoms with Crippen molar-refractivity contribution in [3.05, 3.63) is 48.2 Å². The molecule has 17 heavy (non-hydrogen) atoms. The van der Waals surface area contributed by atoms with Gasteiger partial charge >= 0.3 is 5.97 Å². The van der Waals surface area contributed by atoms with Crippen LogP contribution in [0.1, 0.15) is 10.4 Å². The number of carbonyl (C=O) groups excluding carboxylic acids is 1. The van der Waals surface area contributed by atoms with Gasteiger partial charge in [-0.05, 0) is 18.2 Å². The maximum atomic E-state index is 11.6. The molecule has 0 unspecified atom stereocenters. The molecule has 0 amide bonds. The Morgan fingerprint density at radius 3 is 2.71 bits per heavy atom. The number of rotatable bonds is 2. The first-order valence-electron chi connectivity index (χ1n) is 5.12. The molecule has 0 bridgehead atoms. The number of esters is 1. The molecule has 0 fully saturated rings. The fourth-order valence-electron chi connectivity index (χ4n) is 1.62. The van der Waals surface area contributed by atoms with Gasteiger partial charge in [0, 0.05) is 11.8 Å². The number of carbonyl (C=O) groups is 1. The number of aromatic nitrogens is 1. The van der Waals surface area contributed by atoms with E-state index >= 15 is 0 Å². The molecule has 1 aromatic heterocycles. The van der Waals surface area contributed by atoms with E-state index in [9.17, 15) is 4.79 Å². The molecule has 4 heteroatoms. The van der Waals surface area contributed by atoms with Gasteiger partial charge in [-0.3, -0.25) is 4.98 Å². The van der Waals surface area contributed by atoms with Crippen molar-refractivity contribution in [3.8, 4) is 11.3 Å². The number of ether oxygens (including phenoxy) is 1. The third kappa shape index (κ3) is 2.10. The van der Waals surface area contributed by atoms with Crippen LogP contribution in [0.15, 0.2) is 42.6 Å². The van der Waals surface area contributed by atoms with Gasteiger partial charge in [-0.1, -0.05) is 18.2 Å². The van der Waals surface area contributed by atoms with Crippen molar-refractivity contribution in [2.24, 2.45) is 0 Å². The molecular formula is C13H12N2O2. The van der Waals surface area contributed by atoms with E-state index < -0.39 is 5.97 Å². The number of benzene rings is 1. The zero-order valence-corrected chi connectivity index (χ0v) is 9.38. The molecule has 0 atom stereocenters. The molecule has 2 aromatic rings. The van der Waals surface area contributed by atoms with E-state index in [0.717, 1.165) is 0 Å². The average Bonchev–Trinajstić information content (AvgIpc) is 2.38. The molecule has 0 aliphatic heterocycles. The van der Waals surface area contributed by atoms with Crippen molar-refractivity contribution in [2.45, 2.75) is 0 Å². The lowest BCUT2D eigenvalue weighted by Gasteiger charge is -2.08. The van der Waals surface area contributed by atoms with Crippen molar-refractivity contribution in [1.29, 1.82) is 0 Å². The number of nitrogens with zero attached hydrogens (tertiary/aromatic N) is 1. The molecule has 1 aromatic carbocycles. The third-order valence-corrected chi connectivity index (χ3v) is 2.43. The molecule has 86 valence electrons. The second kappa shape index (κ2) is 4.65. The number of hydrogen-bond donors (Lipinski definition) is 1. The fraction of sp³-hybridized carbons (Fsp3) is 0.0769. The van der Waals surface area contributed by atoms with Crippen LogP contribution in [-0.2, 0) is 4.74 Å². The summed E-state index contributed by atoms with van der Waals surface area (Å²) in [5, 5.41) is 0. The summed E-state index contributed by atoms with van der Waals surface area (Å²) in [6.07, 6.45) is 1.64. The Hall–Kier alpha value is -2.36. The highest BCUT2D eigenvalue weighted by Gasteiger charge is 2.14. The number of nitrogens with two attached hydrogens (primary N) is 1. The maximum Gasteiger partial charge on any atom is 0.338 e. The summed E-state index contributed by atoms with van der Waals surface area (Å²) in [5.41, 5.74) is 8.11. The zero-order valence-electron chi connectivity index (χ0n) is 9.38. The van der Waals surface area contributed by atoms with Crippen LogP contribution < -0.4 is 5.73 Å². The predicted molar refractivity (Wildman–Crippen MR) is 65.4 cm³/mol. The summed E-state index contributed by atoms with van der Waals surface area (Å²) >= 11 is 0. The Kier molecular flexibility index (Phi) is 3.05. The quantitative estimate of drug-likeness (QED) is 0.799. The Balaban J connectivity index is 2.60. The Morgan fingerprint density at radius 2 is 2.00 bits per heavy atom. The van der Waals surface area contributed by atoms with Crippen LogP contribution in [0, 0.1) is 0 Å². The Morgan fingerprint density at radius 1 is 1.24 bits per heavy atom. The minimum absolute atomic E-state index is 0.398. The molecule has 4 nitrogen and oxygen atoms in total. The van der Waals surface area contributed by atoms with E-state index in [-0.39, 0.29) is 0 Å². The zero-order chi connectivity index (χ0) is 12.3. The highest BCUT2D eigenvalue weighted by atomic mass is 16.5. The molecule has 0 radical (unpaired) electrons. The fourth-order valence-corrected chi connectivity index (χ4v) is 1.62. The van der Waals surface area contributed by atoms with Gasteiger partial charge in [0.1, 0.15) is 0 Å². The van der Waals surface area contributed by atoms with E-state index in [4.69, 9.17) is 10.5 Å². The van der Waals surface area contributed by atoms with Crippen LogP contribution >= 0.6 is 0 Å². The van der Waals surface area contributed by atoms with Crippen LogP contribution in [0.4, 0.5) is 5.69 Å². The second-order valence-electron chi connectivity index (χ2n) is 3.48. The summed E-state index contributed by atoms with van der Waals surface area (Å²) in [4.78, 5) is 15.8. The summed E-state index contributed by atoms with van der Waals surface area (Å²) in [6, 6.07) is 10.6. The standard InChI is InChI=1S/C13H12N2O2/c1-17-13(16)10-6-3-2-5-9(10)12-11(14)7-4-8-15-12/h2-8H,14H2,1H3. The van der Waals surface area contributed by atoms with Gasteiger partial charge < -0.3 is 10.5 Å². The largest absolute Gasteiger partial charge is 0.465 e. The monoisotopic (exact) mass is 228 g/mol. The molecule has 1 heterocycles. The smallest absolute Gasteiger partial charge is 0.338 e. The van der Waals surface area contributed by atoms with Gasteiger partial charge in [-0.2, -0.15) is 0 Å². The van der Waals surface area contributed by atoms with Gasteiger partial charge in [0.15, 0.2) is 0 Å². The second-order valence-corrected chi connectivity index (χ2v) is 3.48. The summed E-state index contributed by atoms with van der Waals surface area (Å²) in [6.45, 7) is 0. The molecule has 0 saturated heterocycles. The highest BCUT2D eigenvalue weighted by molar-refractivity contribution is 5.98. The van der Waals surface area contributed by atoms with Crippen LogP contribution in [0.3, 0.4) is 0 Å². The molecule has 2 rings (SSSR count). The minimum Gasteiger partial charge on any atom is -0.465 e. The minimum atomic E-state index is -0.398.